The topological polar surface area (TPSA) is 46.9 Å². The summed E-state index contributed by atoms with van der Waals surface area (Å²) in [4.78, 5) is 16.1. The van der Waals surface area contributed by atoms with E-state index in [1.807, 2.05) is 31.4 Å². The van der Waals surface area contributed by atoms with Gasteiger partial charge in [-0.25, -0.2) is 0 Å². The summed E-state index contributed by atoms with van der Waals surface area (Å²) in [7, 11) is 2.03. The van der Waals surface area contributed by atoms with Gasteiger partial charge in [-0.05, 0) is 47.7 Å². The summed E-state index contributed by atoms with van der Waals surface area (Å²) in [6, 6.07) is 14.1. The number of hydrogen-bond acceptors (Lipinski definition) is 2. The molecule has 1 amide bonds. The van der Waals surface area contributed by atoms with Crippen LogP contribution in [0.15, 0.2) is 54.9 Å². The SMILES string of the molecule is Cn1ccc2cc(CCC(=O)NCc3ccccn3)ccc21. The molecule has 0 aliphatic carbocycles. The van der Waals surface area contributed by atoms with Gasteiger partial charge in [-0.1, -0.05) is 12.1 Å². The van der Waals surface area contributed by atoms with E-state index in [0.29, 0.717) is 13.0 Å². The molecule has 0 aliphatic rings. The van der Waals surface area contributed by atoms with Crippen LogP contribution in [0.1, 0.15) is 17.7 Å². The van der Waals surface area contributed by atoms with Crippen molar-refractivity contribution in [2.75, 3.05) is 0 Å². The van der Waals surface area contributed by atoms with E-state index in [9.17, 15) is 4.79 Å². The average Bonchev–Trinajstić information content (AvgIpc) is 2.93. The first-order valence-corrected chi connectivity index (χ1v) is 7.43. The maximum Gasteiger partial charge on any atom is 0.220 e. The average molecular weight is 293 g/mol. The molecule has 0 atom stereocenters. The number of pyridine rings is 1. The second-order valence-corrected chi connectivity index (χ2v) is 5.42. The fourth-order valence-electron chi connectivity index (χ4n) is 2.52. The summed E-state index contributed by atoms with van der Waals surface area (Å²) in [5, 5.41) is 4.12. The molecule has 112 valence electrons. The summed E-state index contributed by atoms with van der Waals surface area (Å²) in [6.45, 7) is 0.484. The van der Waals surface area contributed by atoms with Gasteiger partial charge in [-0.3, -0.25) is 9.78 Å². The quantitative estimate of drug-likeness (QED) is 0.786. The van der Waals surface area contributed by atoms with E-state index >= 15 is 0 Å². The molecule has 2 aromatic heterocycles. The number of nitrogens with zero attached hydrogens (tertiary/aromatic N) is 2. The Hall–Kier alpha value is -2.62. The van der Waals surface area contributed by atoms with E-state index in [0.717, 1.165) is 12.1 Å². The highest BCUT2D eigenvalue weighted by Crippen LogP contribution is 2.17. The Balaban J connectivity index is 1.53. The van der Waals surface area contributed by atoms with Gasteiger partial charge in [0, 0.05) is 31.4 Å². The maximum atomic E-state index is 11.9. The first kappa shape index (κ1) is 14.3. The fraction of sp³-hybridized carbons (Fsp3) is 0.222. The van der Waals surface area contributed by atoms with Crippen molar-refractivity contribution >= 4 is 16.8 Å². The number of fused-ring (bicyclic) bond motifs is 1. The van der Waals surface area contributed by atoms with Gasteiger partial charge in [0.15, 0.2) is 0 Å². The van der Waals surface area contributed by atoms with Gasteiger partial charge < -0.3 is 9.88 Å². The van der Waals surface area contributed by atoms with Gasteiger partial charge in [0.05, 0.1) is 12.2 Å². The van der Waals surface area contributed by atoms with Crippen LogP contribution in [-0.4, -0.2) is 15.5 Å². The van der Waals surface area contributed by atoms with Gasteiger partial charge in [-0.15, -0.1) is 0 Å². The third kappa shape index (κ3) is 3.34. The number of amides is 1. The summed E-state index contributed by atoms with van der Waals surface area (Å²) < 4.78 is 2.10. The molecule has 0 radical (unpaired) electrons. The molecule has 0 saturated carbocycles. The highest BCUT2D eigenvalue weighted by molar-refractivity contribution is 5.81. The molecule has 0 aliphatic heterocycles. The van der Waals surface area contributed by atoms with Gasteiger partial charge >= 0.3 is 0 Å². The zero-order valence-electron chi connectivity index (χ0n) is 12.6. The fourth-order valence-corrected chi connectivity index (χ4v) is 2.52. The molecule has 0 fully saturated rings. The monoisotopic (exact) mass is 293 g/mol. The van der Waals surface area contributed by atoms with Crippen LogP contribution in [0.3, 0.4) is 0 Å². The maximum absolute atomic E-state index is 11.9. The molecule has 4 heteroatoms. The Morgan fingerprint density at radius 1 is 1.23 bits per heavy atom. The molecule has 22 heavy (non-hydrogen) atoms. The van der Waals surface area contributed by atoms with Gasteiger partial charge in [-0.2, -0.15) is 0 Å². The van der Waals surface area contributed by atoms with Crippen LogP contribution in [0.2, 0.25) is 0 Å². The lowest BCUT2D eigenvalue weighted by molar-refractivity contribution is -0.121. The third-order valence-electron chi connectivity index (χ3n) is 3.78. The van der Waals surface area contributed by atoms with E-state index in [-0.39, 0.29) is 5.91 Å². The molecule has 3 aromatic rings. The Bertz CT molecular complexity index is 777. The molecule has 0 unspecified atom stereocenters. The largest absolute Gasteiger partial charge is 0.351 e. The smallest absolute Gasteiger partial charge is 0.220 e. The van der Waals surface area contributed by atoms with Crippen molar-refractivity contribution in [1.82, 2.24) is 14.9 Å². The normalized spacial score (nSPS) is 10.8. The minimum Gasteiger partial charge on any atom is -0.351 e. The lowest BCUT2D eigenvalue weighted by atomic mass is 10.1. The van der Waals surface area contributed by atoms with Crippen LogP contribution in [-0.2, 0) is 24.8 Å². The number of carbonyl (C=O) groups is 1. The predicted octanol–water partition coefficient (Wildman–Crippen LogP) is 2.82. The number of aryl methyl sites for hydroxylation is 2. The summed E-state index contributed by atoms with van der Waals surface area (Å²) in [6.07, 6.45) is 5.02. The summed E-state index contributed by atoms with van der Waals surface area (Å²) in [5.74, 6) is 0.0545. The van der Waals surface area contributed by atoms with Crippen molar-refractivity contribution in [2.24, 2.45) is 7.05 Å². The van der Waals surface area contributed by atoms with Crippen LogP contribution >= 0.6 is 0 Å². The van der Waals surface area contributed by atoms with Crippen molar-refractivity contribution in [3.63, 3.8) is 0 Å². The van der Waals surface area contributed by atoms with Crippen molar-refractivity contribution < 1.29 is 4.79 Å². The van der Waals surface area contributed by atoms with Crippen molar-refractivity contribution in [2.45, 2.75) is 19.4 Å². The van der Waals surface area contributed by atoms with Gasteiger partial charge in [0.2, 0.25) is 5.91 Å². The van der Waals surface area contributed by atoms with E-state index < -0.39 is 0 Å². The zero-order valence-corrected chi connectivity index (χ0v) is 12.6. The van der Waals surface area contributed by atoms with Crippen LogP contribution in [0, 0.1) is 0 Å². The highest BCUT2D eigenvalue weighted by atomic mass is 16.1. The third-order valence-corrected chi connectivity index (χ3v) is 3.78. The Kier molecular flexibility index (Phi) is 4.19. The summed E-state index contributed by atoms with van der Waals surface area (Å²) >= 11 is 0. The number of nitrogens with one attached hydrogen (secondary N) is 1. The second-order valence-electron chi connectivity index (χ2n) is 5.42. The number of benzene rings is 1. The minimum atomic E-state index is 0.0545. The predicted molar refractivity (Wildman–Crippen MR) is 87.3 cm³/mol. The molecule has 1 N–H and O–H groups in total. The first-order valence-electron chi connectivity index (χ1n) is 7.43. The second kappa shape index (κ2) is 6.43. The number of carbonyl (C=O) groups excluding carboxylic acids is 1. The Morgan fingerprint density at radius 2 is 2.14 bits per heavy atom. The molecule has 0 saturated heterocycles. The highest BCUT2D eigenvalue weighted by Gasteiger charge is 2.04. The Morgan fingerprint density at radius 3 is 2.95 bits per heavy atom. The van der Waals surface area contributed by atoms with Crippen molar-refractivity contribution in [3.05, 3.63) is 66.1 Å². The molecule has 4 nitrogen and oxygen atoms in total. The lowest BCUT2D eigenvalue weighted by Gasteiger charge is -2.05. The lowest BCUT2D eigenvalue weighted by Crippen LogP contribution is -2.23. The van der Waals surface area contributed by atoms with Gasteiger partial charge in [0.1, 0.15) is 0 Å². The minimum absolute atomic E-state index is 0.0545. The molecule has 2 heterocycles. The van der Waals surface area contributed by atoms with E-state index in [1.54, 1.807) is 6.20 Å². The molecule has 1 aromatic carbocycles. The molecular weight excluding hydrogens is 274 g/mol. The zero-order chi connectivity index (χ0) is 15.4. The van der Waals surface area contributed by atoms with E-state index in [1.165, 1.54) is 16.5 Å². The molecule has 0 spiro atoms. The van der Waals surface area contributed by atoms with Crippen molar-refractivity contribution in [3.8, 4) is 0 Å². The molecule has 3 rings (SSSR count). The summed E-state index contributed by atoms with van der Waals surface area (Å²) in [5.41, 5.74) is 3.27. The standard InChI is InChI=1S/C18H19N3O/c1-21-11-9-15-12-14(5-7-17(15)21)6-8-18(22)20-13-16-4-2-3-10-19-16/h2-5,7,9-12H,6,8,13H2,1H3,(H,20,22). The van der Waals surface area contributed by atoms with Crippen LogP contribution < -0.4 is 5.32 Å². The van der Waals surface area contributed by atoms with Crippen LogP contribution in [0.25, 0.3) is 10.9 Å². The van der Waals surface area contributed by atoms with Crippen LogP contribution in [0.5, 0.6) is 0 Å². The van der Waals surface area contributed by atoms with Crippen molar-refractivity contribution in [1.29, 1.82) is 0 Å². The first-order chi connectivity index (χ1) is 10.7. The van der Waals surface area contributed by atoms with E-state index in [4.69, 9.17) is 0 Å². The van der Waals surface area contributed by atoms with E-state index in [2.05, 4.69) is 39.1 Å². The van der Waals surface area contributed by atoms with Gasteiger partial charge in [0.25, 0.3) is 0 Å². The number of hydrogen-bond donors (Lipinski definition) is 1. The number of aromatic nitrogens is 2. The Labute approximate surface area is 129 Å². The molecule has 0 bridgehead atoms. The molecular formula is C18H19N3O. The van der Waals surface area contributed by atoms with Crippen LogP contribution in [0.4, 0.5) is 0 Å². The number of rotatable bonds is 5.